The molecular formula is C19H29N3O. The third-order valence-electron chi connectivity index (χ3n) is 5.01. The van der Waals surface area contributed by atoms with Crippen LogP contribution in [0.3, 0.4) is 0 Å². The highest BCUT2D eigenvalue weighted by molar-refractivity contribution is 5.77. The Morgan fingerprint density at radius 3 is 2.91 bits per heavy atom. The standard InChI is InChI=1S/C19H29N3O/c20-19(22-14-15-6-3-7-15)21-12-5-13-23-18-11-4-9-16-8-1-2-10-17(16)18/h1-2,8,10,15,18H,3-7,9,11-14H2,(H3,20,21,22). The summed E-state index contributed by atoms with van der Waals surface area (Å²) in [5, 5.41) is 3.19. The van der Waals surface area contributed by atoms with E-state index in [1.54, 1.807) is 0 Å². The minimum Gasteiger partial charge on any atom is -0.373 e. The molecule has 23 heavy (non-hydrogen) atoms. The quantitative estimate of drug-likeness (QED) is 0.461. The Kier molecular flexibility index (Phi) is 5.92. The van der Waals surface area contributed by atoms with Crippen molar-refractivity contribution in [1.82, 2.24) is 5.32 Å². The second-order valence-corrected chi connectivity index (χ2v) is 6.75. The molecule has 3 N–H and O–H groups in total. The minimum atomic E-state index is 0.268. The number of aryl methyl sites for hydroxylation is 1. The van der Waals surface area contributed by atoms with E-state index in [9.17, 15) is 0 Å². The van der Waals surface area contributed by atoms with Crippen LogP contribution in [0, 0.1) is 5.92 Å². The van der Waals surface area contributed by atoms with Crippen LogP contribution in [-0.2, 0) is 11.2 Å². The number of fused-ring (bicyclic) bond motifs is 1. The lowest BCUT2D eigenvalue weighted by Crippen LogP contribution is -2.33. The first-order valence-electron chi connectivity index (χ1n) is 9.06. The van der Waals surface area contributed by atoms with Gasteiger partial charge in [-0.2, -0.15) is 0 Å². The third-order valence-corrected chi connectivity index (χ3v) is 5.01. The minimum absolute atomic E-state index is 0.268. The van der Waals surface area contributed by atoms with Gasteiger partial charge in [-0.05, 0) is 55.6 Å². The molecular weight excluding hydrogens is 286 g/mol. The maximum Gasteiger partial charge on any atom is 0.188 e. The third kappa shape index (κ3) is 4.71. The monoisotopic (exact) mass is 315 g/mol. The van der Waals surface area contributed by atoms with Gasteiger partial charge in [0.25, 0.3) is 0 Å². The van der Waals surface area contributed by atoms with E-state index in [4.69, 9.17) is 10.5 Å². The summed E-state index contributed by atoms with van der Waals surface area (Å²) in [6.07, 6.45) is 8.75. The van der Waals surface area contributed by atoms with E-state index in [1.807, 2.05) is 0 Å². The number of nitrogens with two attached hydrogens (primary N) is 1. The first-order chi connectivity index (χ1) is 11.3. The van der Waals surface area contributed by atoms with Crippen LogP contribution in [0.15, 0.2) is 29.3 Å². The average molecular weight is 315 g/mol. The summed E-state index contributed by atoms with van der Waals surface area (Å²) >= 11 is 0. The van der Waals surface area contributed by atoms with Gasteiger partial charge in [0.05, 0.1) is 6.10 Å². The van der Waals surface area contributed by atoms with Crippen LogP contribution in [0.5, 0.6) is 0 Å². The second kappa shape index (κ2) is 8.34. The number of hydrogen-bond donors (Lipinski definition) is 2. The van der Waals surface area contributed by atoms with Crippen molar-refractivity contribution >= 4 is 5.96 Å². The Morgan fingerprint density at radius 1 is 1.22 bits per heavy atom. The highest BCUT2D eigenvalue weighted by atomic mass is 16.5. The van der Waals surface area contributed by atoms with Crippen molar-refractivity contribution in [2.24, 2.45) is 16.6 Å². The molecule has 0 radical (unpaired) electrons. The van der Waals surface area contributed by atoms with Crippen molar-refractivity contribution in [1.29, 1.82) is 0 Å². The fourth-order valence-corrected chi connectivity index (χ4v) is 3.36. The highest BCUT2D eigenvalue weighted by Crippen LogP contribution is 2.32. The van der Waals surface area contributed by atoms with Crippen molar-refractivity contribution in [3.8, 4) is 0 Å². The van der Waals surface area contributed by atoms with Gasteiger partial charge in [0, 0.05) is 19.7 Å². The number of guanidine groups is 1. The van der Waals surface area contributed by atoms with Gasteiger partial charge in [-0.25, -0.2) is 0 Å². The van der Waals surface area contributed by atoms with Crippen LogP contribution < -0.4 is 11.1 Å². The Balaban J connectivity index is 1.32. The summed E-state index contributed by atoms with van der Waals surface area (Å²) in [6, 6.07) is 8.67. The molecule has 0 bridgehead atoms. The molecule has 1 aromatic carbocycles. The Hall–Kier alpha value is -1.55. The van der Waals surface area contributed by atoms with Crippen LogP contribution in [0.25, 0.3) is 0 Å². The van der Waals surface area contributed by atoms with E-state index >= 15 is 0 Å². The molecule has 4 heteroatoms. The summed E-state index contributed by atoms with van der Waals surface area (Å²) in [5.74, 6) is 1.35. The lowest BCUT2D eigenvalue weighted by atomic mass is 9.86. The van der Waals surface area contributed by atoms with E-state index in [-0.39, 0.29) is 6.10 Å². The highest BCUT2D eigenvalue weighted by Gasteiger charge is 2.19. The fourth-order valence-electron chi connectivity index (χ4n) is 3.36. The van der Waals surface area contributed by atoms with Crippen molar-refractivity contribution in [3.05, 3.63) is 35.4 Å². The van der Waals surface area contributed by atoms with Crippen LogP contribution >= 0.6 is 0 Å². The largest absolute Gasteiger partial charge is 0.373 e. The van der Waals surface area contributed by atoms with Crippen LogP contribution in [0.4, 0.5) is 0 Å². The van der Waals surface area contributed by atoms with Gasteiger partial charge in [-0.15, -0.1) is 0 Å². The summed E-state index contributed by atoms with van der Waals surface area (Å²) in [5.41, 5.74) is 8.72. The van der Waals surface area contributed by atoms with Crippen molar-refractivity contribution in [2.75, 3.05) is 19.7 Å². The van der Waals surface area contributed by atoms with Gasteiger partial charge in [0.1, 0.15) is 0 Å². The van der Waals surface area contributed by atoms with Gasteiger partial charge in [0.2, 0.25) is 0 Å². The van der Waals surface area contributed by atoms with Gasteiger partial charge >= 0.3 is 0 Å². The normalized spacial score (nSPS) is 21.6. The molecule has 1 unspecified atom stereocenters. The maximum atomic E-state index is 6.10. The number of ether oxygens (including phenoxy) is 1. The second-order valence-electron chi connectivity index (χ2n) is 6.75. The Bertz CT molecular complexity index is 525. The van der Waals surface area contributed by atoms with Crippen molar-refractivity contribution in [2.45, 2.75) is 51.0 Å². The predicted octanol–water partition coefficient (Wildman–Crippen LogP) is 3.18. The first kappa shape index (κ1) is 16.3. The van der Waals surface area contributed by atoms with Gasteiger partial charge in [-0.3, -0.25) is 4.99 Å². The molecule has 2 aliphatic carbocycles. The van der Waals surface area contributed by atoms with Crippen molar-refractivity contribution in [3.63, 3.8) is 0 Å². The maximum absolute atomic E-state index is 6.10. The molecule has 126 valence electrons. The molecule has 1 atom stereocenters. The average Bonchev–Trinajstić information content (AvgIpc) is 2.53. The van der Waals surface area contributed by atoms with Crippen molar-refractivity contribution < 1.29 is 4.74 Å². The van der Waals surface area contributed by atoms with Crippen LogP contribution in [0.2, 0.25) is 0 Å². The Morgan fingerprint density at radius 2 is 2.09 bits per heavy atom. The molecule has 1 fully saturated rings. The van der Waals surface area contributed by atoms with Crippen LogP contribution in [-0.4, -0.2) is 25.7 Å². The Labute approximate surface area is 139 Å². The molecule has 2 aliphatic rings. The molecule has 0 aromatic heterocycles. The molecule has 1 saturated carbocycles. The number of nitrogens with zero attached hydrogens (tertiary/aromatic N) is 1. The first-order valence-corrected chi connectivity index (χ1v) is 9.06. The van der Waals surface area contributed by atoms with Gasteiger partial charge in [-0.1, -0.05) is 30.7 Å². The number of aliphatic imine (C=N–C) groups is 1. The van der Waals surface area contributed by atoms with E-state index in [2.05, 4.69) is 34.6 Å². The zero-order valence-electron chi connectivity index (χ0n) is 14.0. The smallest absolute Gasteiger partial charge is 0.188 e. The van der Waals surface area contributed by atoms with E-state index in [1.165, 1.54) is 43.2 Å². The van der Waals surface area contributed by atoms with E-state index < -0.39 is 0 Å². The summed E-state index contributed by atoms with van der Waals surface area (Å²) in [6.45, 7) is 2.48. The summed E-state index contributed by atoms with van der Waals surface area (Å²) < 4.78 is 6.10. The zero-order valence-corrected chi connectivity index (χ0v) is 14.0. The number of nitrogens with one attached hydrogen (secondary N) is 1. The SMILES string of the molecule is NC(=NCC1CCC1)NCCCOC1CCCc2ccccc21. The molecule has 4 nitrogen and oxygen atoms in total. The van der Waals surface area contributed by atoms with E-state index in [0.717, 1.165) is 38.5 Å². The number of hydrogen-bond acceptors (Lipinski definition) is 2. The summed E-state index contributed by atoms with van der Waals surface area (Å²) in [7, 11) is 0. The molecule has 0 aliphatic heterocycles. The number of rotatable bonds is 7. The number of benzene rings is 1. The fraction of sp³-hybridized carbons (Fsp3) is 0.632. The van der Waals surface area contributed by atoms with E-state index in [0.29, 0.717) is 5.96 Å². The molecule has 0 heterocycles. The molecule has 0 amide bonds. The molecule has 0 spiro atoms. The predicted molar refractivity (Wildman–Crippen MR) is 94.5 cm³/mol. The lowest BCUT2D eigenvalue weighted by Gasteiger charge is -2.25. The molecule has 0 saturated heterocycles. The molecule has 1 aromatic rings. The summed E-state index contributed by atoms with van der Waals surface area (Å²) in [4.78, 5) is 4.41. The topological polar surface area (TPSA) is 59.6 Å². The molecule has 3 rings (SSSR count). The van der Waals surface area contributed by atoms with Gasteiger partial charge < -0.3 is 15.8 Å². The van der Waals surface area contributed by atoms with Crippen LogP contribution in [0.1, 0.15) is 55.8 Å². The zero-order chi connectivity index (χ0) is 15.9. The lowest BCUT2D eigenvalue weighted by molar-refractivity contribution is 0.0398. The van der Waals surface area contributed by atoms with Gasteiger partial charge in [0.15, 0.2) is 5.96 Å².